The molecule has 0 aliphatic carbocycles. The second kappa shape index (κ2) is 5.83. The molecule has 6 nitrogen and oxygen atoms in total. The zero-order valence-electron chi connectivity index (χ0n) is 10.4. The van der Waals surface area contributed by atoms with Crippen LogP contribution in [0.3, 0.4) is 0 Å². The average molecular weight is 272 g/mol. The molecule has 0 radical (unpaired) electrons. The molecule has 0 aliphatic heterocycles. The van der Waals surface area contributed by atoms with E-state index in [4.69, 9.17) is 5.11 Å². The van der Waals surface area contributed by atoms with E-state index in [0.29, 0.717) is 5.69 Å². The number of anilines is 1. The number of hydrogen-bond donors (Lipinski definition) is 2. The first-order chi connectivity index (χ1) is 9.58. The first-order valence-corrected chi connectivity index (χ1v) is 5.80. The van der Waals surface area contributed by atoms with Crippen molar-refractivity contribution in [2.45, 2.75) is 0 Å². The maximum atomic E-state index is 12.3. The largest absolute Gasteiger partial charge is 0.506 e. The van der Waals surface area contributed by atoms with Gasteiger partial charge in [0.05, 0.1) is 11.8 Å². The molecule has 2 aromatic rings. The van der Waals surface area contributed by atoms with E-state index in [0.717, 1.165) is 4.90 Å². The van der Waals surface area contributed by atoms with Crippen molar-refractivity contribution in [1.29, 1.82) is 0 Å². The van der Waals surface area contributed by atoms with Gasteiger partial charge >= 0.3 is 5.97 Å². The van der Waals surface area contributed by atoms with Gasteiger partial charge in [0, 0.05) is 11.9 Å². The number of amides is 1. The van der Waals surface area contributed by atoms with E-state index in [2.05, 4.69) is 4.98 Å². The van der Waals surface area contributed by atoms with Crippen molar-refractivity contribution in [1.82, 2.24) is 4.98 Å². The van der Waals surface area contributed by atoms with Gasteiger partial charge in [-0.25, -0.2) is 0 Å². The third-order valence-electron chi connectivity index (χ3n) is 2.58. The van der Waals surface area contributed by atoms with Crippen LogP contribution in [-0.4, -0.2) is 33.6 Å². The first-order valence-electron chi connectivity index (χ1n) is 5.80. The fourth-order valence-electron chi connectivity index (χ4n) is 1.72. The number of carboxylic acids is 1. The smallest absolute Gasteiger partial charge is 0.323 e. The fraction of sp³-hybridized carbons (Fsp3) is 0.0714. The molecule has 2 rings (SSSR count). The van der Waals surface area contributed by atoms with E-state index in [1.54, 1.807) is 30.3 Å². The highest BCUT2D eigenvalue weighted by Gasteiger charge is 2.20. The van der Waals surface area contributed by atoms with Crippen molar-refractivity contribution in [3.8, 4) is 5.75 Å². The minimum absolute atomic E-state index is 0.120. The van der Waals surface area contributed by atoms with Crippen LogP contribution in [0.1, 0.15) is 10.4 Å². The lowest BCUT2D eigenvalue weighted by atomic mass is 10.2. The van der Waals surface area contributed by atoms with Crippen LogP contribution in [0, 0.1) is 0 Å². The number of carbonyl (C=O) groups is 2. The molecule has 0 atom stereocenters. The molecular formula is C14H12N2O4. The lowest BCUT2D eigenvalue weighted by molar-refractivity contribution is -0.135. The van der Waals surface area contributed by atoms with Gasteiger partial charge in [-0.15, -0.1) is 0 Å². The highest BCUT2D eigenvalue weighted by molar-refractivity contribution is 6.08. The summed E-state index contributed by atoms with van der Waals surface area (Å²) in [6.07, 6.45) is 2.47. The van der Waals surface area contributed by atoms with E-state index >= 15 is 0 Å². The van der Waals surface area contributed by atoms with Crippen LogP contribution >= 0.6 is 0 Å². The maximum Gasteiger partial charge on any atom is 0.323 e. The minimum atomic E-state index is -1.13. The monoisotopic (exact) mass is 272 g/mol. The van der Waals surface area contributed by atoms with Crippen molar-refractivity contribution < 1.29 is 19.8 Å². The Kier molecular flexibility index (Phi) is 3.95. The Balaban J connectivity index is 2.36. The summed E-state index contributed by atoms with van der Waals surface area (Å²) in [4.78, 5) is 28.1. The van der Waals surface area contributed by atoms with E-state index < -0.39 is 18.4 Å². The molecule has 20 heavy (non-hydrogen) atoms. The molecule has 1 aromatic heterocycles. The normalized spacial score (nSPS) is 10.0. The Bertz CT molecular complexity index is 628. The van der Waals surface area contributed by atoms with Gasteiger partial charge in [-0.3, -0.25) is 19.5 Å². The molecule has 0 bridgehead atoms. The number of carbonyl (C=O) groups excluding carboxylic acids is 1. The number of aromatic hydroxyl groups is 1. The summed E-state index contributed by atoms with van der Waals surface area (Å²) < 4.78 is 0. The molecule has 2 N–H and O–H groups in total. The third-order valence-corrected chi connectivity index (χ3v) is 2.58. The molecule has 1 aromatic carbocycles. The molecule has 1 amide bonds. The number of hydrogen-bond acceptors (Lipinski definition) is 4. The SMILES string of the molecule is O=C(O)CN(C(=O)c1cncc(O)c1)c1ccccc1. The van der Waals surface area contributed by atoms with Gasteiger partial charge < -0.3 is 10.2 Å². The van der Waals surface area contributed by atoms with Gasteiger partial charge in [0.25, 0.3) is 5.91 Å². The van der Waals surface area contributed by atoms with Gasteiger partial charge in [0.15, 0.2) is 0 Å². The number of aromatic nitrogens is 1. The molecule has 0 unspecified atom stereocenters. The van der Waals surface area contributed by atoms with E-state index in [9.17, 15) is 14.7 Å². The van der Waals surface area contributed by atoms with Crippen LogP contribution in [0.4, 0.5) is 5.69 Å². The quantitative estimate of drug-likeness (QED) is 0.880. The number of carboxylic acid groups (broad SMARTS) is 1. The highest BCUT2D eigenvalue weighted by Crippen LogP contribution is 2.18. The van der Waals surface area contributed by atoms with Gasteiger partial charge in [-0.1, -0.05) is 18.2 Å². The van der Waals surface area contributed by atoms with Crippen LogP contribution in [0.2, 0.25) is 0 Å². The van der Waals surface area contributed by atoms with E-state index in [-0.39, 0.29) is 11.3 Å². The molecule has 0 spiro atoms. The van der Waals surface area contributed by atoms with Crippen LogP contribution in [-0.2, 0) is 4.79 Å². The van der Waals surface area contributed by atoms with Gasteiger partial charge in [-0.05, 0) is 18.2 Å². The van der Waals surface area contributed by atoms with Gasteiger partial charge in [0.1, 0.15) is 12.3 Å². The number of pyridine rings is 1. The standard InChI is InChI=1S/C14H12N2O4/c17-12-6-10(7-15-8-12)14(20)16(9-13(18)19)11-4-2-1-3-5-11/h1-8,17H,9H2,(H,18,19). The number of rotatable bonds is 4. The summed E-state index contributed by atoms with van der Waals surface area (Å²) in [5.74, 6) is -1.82. The number of para-hydroxylation sites is 1. The van der Waals surface area contributed by atoms with Crippen molar-refractivity contribution in [3.63, 3.8) is 0 Å². The van der Waals surface area contributed by atoms with Crippen molar-refractivity contribution in [3.05, 3.63) is 54.4 Å². The summed E-state index contributed by atoms with van der Waals surface area (Å²) in [7, 11) is 0. The highest BCUT2D eigenvalue weighted by atomic mass is 16.4. The van der Waals surface area contributed by atoms with Crippen LogP contribution in [0.15, 0.2) is 48.8 Å². The van der Waals surface area contributed by atoms with Crippen LogP contribution in [0.25, 0.3) is 0 Å². The molecule has 102 valence electrons. The molecule has 0 saturated carbocycles. The van der Waals surface area contributed by atoms with E-state index in [1.165, 1.54) is 18.5 Å². The average Bonchev–Trinajstić information content (AvgIpc) is 2.45. The lowest BCUT2D eigenvalue weighted by Gasteiger charge is -2.20. The Hall–Kier alpha value is -2.89. The molecule has 0 aliphatic rings. The second-order valence-electron chi connectivity index (χ2n) is 4.05. The van der Waals surface area contributed by atoms with Gasteiger partial charge in [0.2, 0.25) is 0 Å². The number of aliphatic carboxylic acids is 1. The van der Waals surface area contributed by atoms with Gasteiger partial charge in [-0.2, -0.15) is 0 Å². The number of nitrogens with zero attached hydrogens (tertiary/aromatic N) is 2. The Morgan fingerprint density at radius 2 is 1.85 bits per heavy atom. The zero-order valence-corrected chi connectivity index (χ0v) is 10.4. The van der Waals surface area contributed by atoms with Crippen LogP contribution < -0.4 is 4.90 Å². The summed E-state index contributed by atoms with van der Waals surface area (Å²) in [5.41, 5.74) is 0.582. The van der Waals surface area contributed by atoms with Crippen LogP contribution in [0.5, 0.6) is 5.75 Å². The molecule has 0 fully saturated rings. The second-order valence-corrected chi connectivity index (χ2v) is 4.05. The number of benzene rings is 1. The molecular weight excluding hydrogens is 260 g/mol. The summed E-state index contributed by atoms with van der Waals surface area (Å²) in [6, 6.07) is 9.69. The molecule has 1 heterocycles. The van der Waals surface area contributed by atoms with Crippen molar-refractivity contribution in [2.24, 2.45) is 0 Å². The van der Waals surface area contributed by atoms with Crippen molar-refractivity contribution >= 4 is 17.6 Å². The minimum Gasteiger partial charge on any atom is -0.506 e. The summed E-state index contributed by atoms with van der Waals surface area (Å²) in [6.45, 7) is -0.474. The first kappa shape index (κ1) is 13.5. The van der Waals surface area contributed by atoms with Crippen molar-refractivity contribution in [2.75, 3.05) is 11.4 Å². The molecule has 0 saturated heterocycles. The predicted molar refractivity (Wildman–Crippen MR) is 71.7 cm³/mol. The Morgan fingerprint density at radius 3 is 2.45 bits per heavy atom. The van der Waals surface area contributed by atoms with E-state index in [1.807, 2.05) is 0 Å². The maximum absolute atomic E-state index is 12.3. The summed E-state index contributed by atoms with van der Waals surface area (Å²) in [5, 5.41) is 18.3. The topological polar surface area (TPSA) is 90.7 Å². The molecule has 6 heteroatoms. The predicted octanol–water partition coefficient (Wildman–Crippen LogP) is 1.52. The lowest BCUT2D eigenvalue weighted by Crippen LogP contribution is -2.35. The summed E-state index contributed by atoms with van der Waals surface area (Å²) >= 11 is 0. The Labute approximate surface area is 114 Å². The fourth-order valence-corrected chi connectivity index (χ4v) is 1.72. The Morgan fingerprint density at radius 1 is 1.15 bits per heavy atom. The third kappa shape index (κ3) is 3.11. The zero-order chi connectivity index (χ0) is 14.5.